The van der Waals surface area contributed by atoms with Gasteiger partial charge in [0.2, 0.25) is 5.88 Å². The summed E-state index contributed by atoms with van der Waals surface area (Å²) in [5.74, 6) is 0.842. The zero-order valence-electron chi connectivity index (χ0n) is 10.6. The molecule has 0 amide bonds. The van der Waals surface area contributed by atoms with Crippen molar-refractivity contribution in [1.82, 2.24) is 4.98 Å². The number of benzene rings is 2. The predicted octanol–water partition coefficient (Wildman–Crippen LogP) is 4.83. The van der Waals surface area contributed by atoms with Crippen LogP contribution >= 0.6 is 11.8 Å². The van der Waals surface area contributed by atoms with Gasteiger partial charge in [-0.25, -0.2) is 5.53 Å². The summed E-state index contributed by atoms with van der Waals surface area (Å²) in [6.07, 6.45) is 0. The number of aromatic amines is 1. The molecular weight excluding hydrogens is 270 g/mol. The summed E-state index contributed by atoms with van der Waals surface area (Å²) in [7, 11) is 0. The number of hydrogen-bond acceptors (Lipinski definition) is 4. The van der Waals surface area contributed by atoms with E-state index >= 15 is 0 Å². The van der Waals surface area contributed by atoms with Crippen molar-refractivity contribution in [3.8, 4) is 5.88 Å². The van der Waals surface area contributed by atoms with Crippen molar-refractivity contribution in [2.75, 3.05) is 0 Å². The highest BCUT2D eigenvalue weighted by atomic mass is 32.2. The van der Waals surface area contributed by atoms with Gasteiger partial charge in [0.15, 0.2) is 5.69 Å². The number of hydrogen-bond donors (Lipinski definition) is 3. The Labute approximate surface area is 120 Å². The smallest absolute Gasteiger partial charge is 0.218 e. The van der Waals surface area contributed by atoms with Crippen LogP contribution in [0.5, 0.6) is 5.88 Å². The molecule has 2 aromatic carbocycles. The summed E-state index contributed by atoms with van der Waals surface area (Å²) in [4.78, 5) is 3.96. The number of rotatable bonds is 4. The zero-order valence-corrected chi connectivity index (χ0v) is 11.4. The Morgan fingerprint density at radius 2 is 1.95 bits per heavy atom. The van der Waals surface area contributed by atoms with Gasteiger partial charge in [-0.3, -0.25) is 0 Å². The van der Waals surface area contributed by atoms with Crippen molar-refractivity contribution in [2.45, 2.75) is 10.6 Å². The minimum atomic E-state index is -0.0554. The highest BCUT2D eigenvalue weighted by molar-refractivity contribution is 7.98. The van der Waals surface area contributed by atoms with Crippen LogP contribution in [0, 0.1) is 5.53 Å². The Morgan fingerprint density at radius 3 is 2.70 bits per heavy atom. The molecule has 20 heavy (non-hydrogen) atoms. The van der Waals surface area contributed by atoms with E-state index in [0.717, 1.165) is 21.6 Å². The quantitative estimate of drug-likeness (QED) is 0.474. The van der Waals surface area contributed by atoms with Gasteiger partial charge in [0.25, 0.3) is 0 Å². The molecule has 0 saturated heterocycles. The van der Waals surface area contributed by atoms with E-state index in [-0.39, 0.29) is 5.88 Å². The van der Waals surface area contributed by atoms with E-state index in [1.807, 2.05) is 36.4 Å². The van der Waals surface area contributed by atoms with Crippen molar-refractivity contribution < 1.29 is 5.11 Å². The first-order valence-electron chi connectivity index (χ1n) is 6.17. The van der Waals surface area contributed by atoms with Crippen LogP contribution in [-0.4, -0.2) is 10.1 Å². The lowest BCUT2D eigenvalue weighted by atomic mass is 10.2. The van der Waals surface area contributed by atoms with Crippen molar-refractivity contribution in [1.29, 1.82) is 5.53 Å². The average molecular weight is 283 g/mol. The monoisotopic (exact) mass is 283 g/mol. The molecule has 0 spiro atoms. The minimum Gasteiger partial charge on any atom is -0.493 e. The fourth-order valence-corrected chi connectivity index (χ4v) is 2.98. The maximum absolute atomic E-state index is 9.66. The van der Waals surface area contributed by atoms with E-state index < -0.39 is 0 Å². The van der Waals surface area contributed by atoms with Crippen molar-refractivity contribution >= 4 is 28.4 Å². The van der Waals surface area contributed by atoms with Gasteiger partial charge in [-0.2, -0.15) is 5.11 Å². The van der Waals surface area contributed by atoms with Gasteiger partial charge in [-0.15, -0.1) is 11.8 Å². The molecular formula is C15H13N3OS. The highest BCUT2D eigenvalue weighted by Crippen LogP contribution is 2.37. The van der Waals surface area contributed by atoms with Crippen LogP contribution in [0.25, 0.3) is 10.9 Å². The van der Waals surface area contributed by atoms with Crippen LogP contribution in [-0.2, 0) is 5.75 Å². The molecule has 100 valence electrons. The van der Waals surface area contributed by atoms with E-state index in [0.29, 0.717) is 5.69 Å². The lowest BCUT2D eigenvalue weighted by Gasteiger charge is -2.02. The van der Waals surface area contributed by atoms with Crippen LogP contribution in [0.1, 0.15) is 5.56 Å². The van der Waals surface area contributed by atoms with Gasteiger partial charge >= 0.3 is 0 Å². The van der Waals surface area contributed by atoms with Crippen molar-refractivity contribution in [3.05, 3.63) is 54.1 Å². The Morgan fingerprint density at radius 1 is 1.15 bits per heavy atom. The first-order chi connectivity index (χ1) is 9.78. The number of H-pyrrole nitrogens is 1. The molecule has 0 atom stereocenters. The minimum absolute atomic E-state index is 0.0554. The summed E-state index contributed by atoms with van der Waals surface area (Å²) in [6, 6.07) is 16.1. The maximum Gasteiger partial charge on any atom is 0.218 e. The topological polar surface area (TPSA) is 72.2 Å². The Hall–Kier alpha value is -2.27. The number of fused-ring (bicyclic) bond motifs is 1. The van der Waals surface area contributed by atoms with Crippen LogP contribution in [0.2, 0.25) is 0 Å². The summed E-state index contributed by atoms with van der Waals surface area (Å²) < 4.78 is 0. The number of aromatic nitrogens is 1. The van der Waals surface area contributed by atoms with E-state index in [2.05, 4.69) is 22.2 Å². The van der Waals surface area contributed by atoms with E-state index in [1.165, 1.54) is 5.56 Å². The Kier molecular flexibility index (Phi) is 3.43. The van der Waals surface area contributed by atoms with Gasteiger partial charge in [0.1, 0.15) is 0 Å². The van der Waals surface area contributed by atoms with Gasteiger partial charge in [0, 0.05) is 16.0 Å². The molecule has 5 heteroatoms. The standard InChI is InChI=1S/C15H13N3OS/c16-18-14-12-7-6-11(8-13(12)17-15(14)19)20-9-10-4-2-1-3-5-10/h1-8,16-17,19H,9H2. The molecule has 0 aliphatic rings. The molecule has 3 N–H and O–H groups in total. The normalized spacial score (nSPS) is 10.8. The number of thioether (sulfide) groups is 1. The first-order valence-corrected chi connectivity index (χ1v) is 7.15. The molecule has 1 heterocycles. The third-order valence-electron chi connectivity index (χ3n) is 3.08. The molecule has 0 aliphatic carbocycles. The fourth-order valence-electron chi connectivity index (χ4n) is 2.09. The molecule has 0 unspecified atom stereocenters. The van der Waals surface area contributed by atoms with Crippen LogP contribution in [0.4, 0.5) is 5.69 Å². The van der Waals surface area contributed by atoms with Crippen LogP contribution in [0.15, 0.2) is 58.5 Å². The zero-order chi connectivity index (χ0) is 13.9. The second kappa shape index (κ2) is 5.38. The lowest BCUT2D eigenvalue weighted by molar-refractivity contribution is 0.459. The number of nitrogens with zero attached hydrogens (tertiary/aromatic N) is 1. The molecule has 3 rings (SSSR count). The predicted molar refractivity (Wildman–Crippen MR) is 80.8 cm³/mol. The van der Waals surface area contributed by atoms with Gasteiger partial charge < -0.3 is 10.1 Å². The number of aromatic hydroxyl groups is 1. The molecule has 0 saturated carbocycles. The SMILES string of the molecule is N=Nc1c(O)[nH]c2cc(SCc3ccccc3)ccc12. The molecule has 0 fully saturated rings. The summed E-state index contributed by atoms with van der Waals surface area (Å²) in [6.45, 7) is 0. The van der Waals surface area contributed by atoms with E-state index in [1.54, 1.807) is 11.8 Å². The van der Waals surface area contributed by atoms with Crippen LogP contribution < -0.4 is 0 Å². The average Bonchev–Trinajstić information content (AvgIpc) is 2.80. The molecule has 3 aromatic rings. The Balaban J connectivity index is 1.84. The van der Waals surface area contributed by atoms with Crippen molar-refractivity contribution in [2.24, 2.45) is 5.11 Å². The summed E-state index contributed by atoms with van der Waals surface area (Å²) in [5, 5.41) is 13.8. The van der Waals surface area contributed by atoms with Crippen LogP contribution in [0.3, 0.4) is 0 Å². The second-order valence-corrected chi connectivity index (χ2v) is 5.46. The number of nitrogens with one attached hydrogen (secondary N) is 2. The van der Waals surface area contributed by atoms with E-state index in [4.69, 9.17) is 5.53 Å². The molecule has 0 aliphatic heterocycles. The summed E-state index contributed by atoms with van der Waals surface area (Å²) >= 11 is 1.73. The molecule has 0 radical (unpaired) electrons. The largest absolute Gasteiger partial charge is 0.493 e. The van der Waals surface area contributed by atoms with E-state index in [9.17, 15) is 5.11 Å². The highest BCUT2D eigenvalue weighted by Gasteiger charge is 2.10. The Bertz CT molecular complexity index is 752. The molecule has 0 bridgehead atoms. The lowest BCUT2D eigenvalue weighted by Crippen LogP contribution is -1.79. The third-order valence-corrected chi connectivity index (χ3v) is 4.15. The summed E-state index contributed by atoms with van der Waals surface area (Å²) in [5.41, 5.74) is 9.43. The van der Waals surface area contributed by atoms with Gasteiger partial charge in [-0.05, 0) is 23.8 Å². The first kappa shape index (κ1) is 12.7. The maximum atomic E-state index is 9.66. The second-order valence-electron chi connectivity index (χ2n) is 4.42. The fraction of sp³-hybridized carbons (Fsp3) is 0.0667. The molecule has 4 nitrogen and oxygen atoms in total. The van der Waals surface area contributed by atoms with Crippen molar-refractivity contribution in [3.63, 3.8) is 0 Å². The van der Waals surface area contributed by atoms with Gasteiger partial charge in [-0.1, -0.05) is 30.3 Å². The molecule has 1 aromatic heterocycles. The third kappa shape index (κ3) is 2.40. The van der Waals surface area contributed by atoms with Gasteiger partial charge in [0.05, 0.1) is 5.52 Å².